The van der Waals surface area contributed by atoms with E-state index >= 15 is 0 Å². The zero-order chi connectivity index (χ0) is 22.1. The van der Waals surface area contributed by atoms with Crippen LogP contribution >= 0.6 is 0 Å². The van der Waals surface area contributed by atoms with E-state index in [9.17, 15) is 4.79 Å². The van der Waals surface area contributed by atoms with Crippen LogP contribution in [0.15, 0.2) is 23.0 Å². The van der Waals surface area contributed by atoms with Crippen molar-refractivity contribution in [2.24, 2.45) is 0 Å². The standard InChI is InChI=1S/C25H34N6O/c1-17-12-18(2)22-14-19(25(32)26-23(22)13-17)15-30(20-8-6-7-9-20)16-24-27-28-29-31(24)21-10-4-3-5-11-21/h12-14,20-21H,3-11,15-16H2,1-2H3,(H,26,32). The molecule has 7 nitrogen and oxygen atoms in total. The number of fused-ring (bicyclic) bond motifs is 1. The monoisotopic (exact) mass is 434 g/mol. The number of hydrogen-bond donors (Lipinski definition) is 1. The van der Waals surface area contributed by atoms with Crippen molar-refractivity contribution in [3.63, 3.8) is 0 Å². The summed E-state index contributed by atoms with van der Waals surface area (Å²) in [5.41, 5.74) is 4.13. The molecular weight excluding hydrogens is 400 g/mol. The Morgan fingerprint density at radius 3 is 2.53 bits per heavy atom. The predicted octanol–water partition coefficient (Wildman–Crippen LogP) is 4.58. The van der Waals surface area contributed by atoms with Crippen LogP contribution in [0.4, 0.5) is 0 Å². The molecule has 7 heteroatoms. The van der Waals surface area contributed by atoms with E-state index in [0.717, 1.165) is 35.1 Å². The lowest BCUT2D eigenvalue weighted by Gasteiger charge is -2.29. The van der Waals surface area contributed by atoms with Crippen molar-refractivity contribution in [2.45, 2.75) is 96.8 Å². The third kappa shape index (κ3) is 4.35. The fourth-order valence-corrected chi connectivity index (χ4v) is 5.74. The van der Waals surface area contributed by atoms with E-state index in [4.69, 9.17) is 0 Å². The third-order valence-electron chi connectivity index (χ3n) is 7.43. The summed E-state index contributed by atoms with van der Waals surface area (Å²) in [7, 11) is 0. The van der Waals surface area contributed by atoms with Crippen LogP contribution in [0.1, 0.15) is 86.3 Å². The van der Waals surface area contributed by atoms with Gasteiger partial charge < -0.3 is 4.98 Å². The van der Waals surface area contributed by atoms with Gasteiger partial charge in [-0.3, -0.25) is 9.69 Å². The van der Waals surface area contributed by atoms with Gasteiger partial charge in [0.2, 0.25) is 0 Å². The number of tetrazole rings is 1. The van der Waals surface area contributed by atoms with Crippen LogP contribution in [0, 0.1) is 13.8 Å². The molecule has 0 spiro atoms. The Bertz CT molecular complexity index is 1140. The van der Waals surface area contributed by atoms with Gasteiger partial charge in [-0.05, 0) is 73.2 Å². The number of aromatic nitrogens is 5. The molecule has 3 aromatic rings. The molecule has 2 aromatic heterocycles. The van der Waals surface area contributed by atoms with Gasteiger partial charge in [-0.15, -0.1) is 5.10 Å². The molecule has 32 heavy (non-hydrogen) atoms. The van der Waals surface area contributed by atoms with E-state index in [2.05, 4.69) is 62.1 Å². The largest absolute Gasteiger partial charge is 0.322 e. The second-order valence-electron chi connectivity index (χ2n) is 9.84. The van der Waals surface area contributed by atoms with Crippen LogP contribution in [0.3, 0.4) is 0 Å². The first-order valence-electron chi connectivity index (χ1n) is 12.2. The van der Waals surface area contributed by atoms with Crippen LogP contribution in [0.5, 0.6) is 0 Å². The normalized spacial score (nSPS) is 18.2. The molecule has 0 unspecified atom stereocenters. The van der Waals surface area contributed by atoms with Crippen molar-refractivity contribution in [2.75, 3.05) is 0 Å². The Hall–Kier alpha value is -2.54. The molecular formula is C25H34N6O. The lowest BCUT2D eigenvalue weighted by atomic mass is 9.95. The number of nitrogens with one attached hydrogen (secondary N) is 1. The number of nitrogens with zero attached hydrogens (tertiary/aromatic N) is 5. The van der Waals surface area contributed by atoms with Crippen LogP contribution < -0.4 is 5.56 Å². The molecule has 0 atom stereocenters. The Labute approximate surface area is 189 Å². The molecule has 0 radical (unpaired) electrons. The minimum Gasteiger partial charge on any atom is -0.322 e. The van der Waals surface area contributed by atoms with Crippen molar-refractivity contribution in [1.29, 1.82) is 0 Å². The van der Waals surface area contributed by atoms with Gasteiger partial charge in [0.25, 0.3) is 5.56 Å². The minimum absolute atomic E-state index is 0.0115. The van der Waals surface area contributed by atoms with Crippen molar-refractivity contribution in [3.8, 4) is 0 Å². The summed E-state index contributed by atoms with van der Waals surface area (Å²) in [4.78, 5) is 18.6. The van der Waals surface area contributed by atoms with Gasteiger partial charge in [-0.25, -0.2) is 4.68 Å². The van der Waals surface area contributed by atoms with Gasteiger partial charge in [0.15, 0.2) is 5.82 Å². The van der Waals surface area contributed by atoms with Crippen molar-refractivity contribution < 1.29 is 0 Å². The fourth-order valence-electron chi connectivity index (χ4n) is 5.74. The third-order valence-corrected chi connectivity index (χ3v) is 7.43. The fraction of sp³-hybridized carbons (Fsp3) is 0.600. The number of aromatic amines is 1. The summed E-state index contributed by atoms with van der Waals surface area (Å²) in [5, 5.41) is 13.9. The van der Waals surface area contributed by atoms with Gasteiger partial charge >= 0.3 is 0 Å². The quantitative estimate of drug-likeness (QED) is 0.614. The van der Waals surface area contributed by atoms with E-state index in [0.29, 0.717) is 25.2 Å². The van der Waals surface area contributed by atoms with Crippen molar-refractivity contribution in [1.82, 2.24) is 30.1 Å². The first-order chi connectivity index (χ1) is 15.6. The molecule has 170 valence electrons. The second kappa shape index (κ2) is 9.14. The SMILES string of the molecule is Cc1cc(C)c2cc(CN(Cc3nnnn3C3CCCCC3)C3CCCC3)c(=O)[nH]c2c1. The molecule has 2 heterocycles. The highest BCUT2D eigenvalue weighted by Gasteiger charge is 2.27. The highest BCUT2D eigenvalue weighted by molar-refractivity contribution is 5.83. The number of H-pyrrole nitrogens is 1. The molecule has 2 saturated carbocycles. The van der Waals surface area contributed by atoms with E-state index in [1.165, 1.54) is 56.1 Å². The Kier molecular flexibility index (Phi) is 6.09. The summed E-state index contributed by atoms with van der Waals surface area (Å²) in [6.45, 7) is 5.50. The number of pyridine rings is 1. The molecule has 0 saturated heterocycles. The number of benzene rings is 1. The predicted molar refractivity (Wildman–Crippen MR) is 125 cm³/mol. The highest BCUT2D eigenvalue weighted by atomic mass is 16.1. The zero-order valence-electron chi connectivity index (χ0n) is 19.3. The number of aryl methyl sites for hydroxylation is 2. The van der Waals surface area contributed by atoms with E-state index < -0.39 is 0 Å². The molecule has 0 bridgehead atoms. The first-order valence-corrected chi connectivity index (χ1v) is 12.2. The van der Waals surface area contributed by atoms with Gasteiger partial charge in [-0.2, -0.15) is 0 Å². The summed E-state index contributed by atoms with van der Waals surface area (Å²) in [6.07, 6.45) is 11.0. The number of hydrogen-bond acceptors (Lipinski definition) is 5. The first kappa shape index (κ1) is 21.3. The average molecular weight is 435 g/mol. The topological polar surface area (TPSA) is 79.7 Å². The molecule has 5 rings (SSSR count). The highest BCUT2D eigenvalue weighted by Crippen LogP contribution is 2.30. The molecule has 0 amide bonds. The smallest absolute Gasteiger partial charge is 0.252 e. The maximum absolute atomic E-state index is 13.0. The lowest BCUT2D eigenvalue weighted by Crippen LogP contribution is -2.35. The van der Waals surface area contributed by atoms with E-state index in [1.807, 2.05) is 0 Å². The zero-order valence-corrected chi connectivity index (χ0v) is 19.3. The molecule has 2 aliphatic carbocycles. The Balaban J connectivity index is 1.44. The van der Waals surface area contributed by atoms with E-state index in [-0.39, 0.29) is 5.56 Å². The van der Waals surface area contributed by atoms with Crippen LogP contribution in [0.2, 0.25) is 0 Å². The maximum atomic E-state index is 13.0. The molecule has 2 aliphatic rings. The Morgan fingerprint density at radius 2 is 1.75 bits per heavy atom. The van der Waals surface area contributed by atoms with Gasteiger partial charge in [-0.1, -0.05) is 38.2 Å². The van der Waals surface area contributed by atoms with Crippen LogP contribution in [0.25, 0.3) is 10.9 Å². The van der Waals surface area contributed by atoms with Crippen molar-refractivity contribution >= 4 is 10.9 Å². The summed E-state index contributed by atoms with van der Waals surface area (Å²) >= 11 is 0. The number of rotatable bonds is 6. The molecule has 0 aliphatic heterocycles. The van der Waals surface area contributed by atoms with Crippen LogP contribution in [-0.4, -0.2) is 36.1 Å². The average Bonchev–Trinajstić information content (AvgIpc) is 3.47. The van der Waals surface area contributed by atoms with Crippen molar-refractivity contribution in [3.05, 3.63) is 51.1 Å². The van der Waals surface area contributed by atoms with Gasteiger partial charge in [0, 0.05) is 29.1 Å². The summed E-state index contributed by atoms with van der Waals surface area (Å²) in [6, 6.07) is 7.21. The second-order valence-corrected chi connectivity index (χ2v) is 9.84. The molecule has 2 fully saturated rings. The minimum atomic E-state index is 0.0115. The van der Waals surface area contributed by atoms with E-state index in [1.54, 1.807) is 0 Å². The lowest BCUT2D eigenvalue weighted by molar-refractivity contribution is 0.168. The van der Waals surface area contributed by atoms with Gasteiger partial charge in [0.05, 0.1) is 12.6 Å². The van der Waals surface area contributed by atoms with Gasteiger partial charge in [0.1, 0.15) is 0 Å². The van der Waals surface area contributed by atoms with Crippen LogP contribution in [-0.2, 0) is 13.1 Å². The summed E-state index contributed by atoms with van der Waals surface area (Å²) < 4.78 is 2.07. The summed E-state index contributed by atoms with van der Waals surface area (Å²) in [5.74, 6) is 0.938. The maximum Gasteiger partial charge on any atom is 0.252 e. The molecule has 1 aromatic carbocycles. The molecule has 1 N–H and O–H groups in total. The Morgan fingerprint density at radius 1 is 1.00 bits per heavy atom.